The van der Waals surface area contributed by atoms with E-state index in [-0.39, 0.29) is 11.3 Å². The van der Waals surface area contributed by atoms with Crippen molar-refractivity contribution in [1.82, 2.24) is 0 Å². The zero-order valence-electron chi connectivity index (χ0n) is 15.7. The van der Waals surface area contributed by atoms with Gasteiger partial charge in [-0.1, -0.05) is 12.1 Å². The number of hydrogen-bond donors (Lipinski definition) is 1. The summed E-state index contributed by atoms with van der Waals surface area (Å²) in [6, 6.07) is 13.4. The van der Waals surface area contributed by atoms with Crippen LogP contribution >= 0.6 is 0 Å². The summed E-state index contributed by atoms with van der Waals surface area (Å²) in [6.45, 7) is 3.84. The summed E-state index contributed by atoms with van der Waals surface area (Å²) in [5.41, 5.74) is 2.39. The molecule has 1 heterocycles. The van der Waals surface area contributed by atoms with E-state index in [1.807, 2.05) is 25.1 Å². The third-order valence-corrected chi connectivity index (χ3v) is 6.30. The zero-order valence-corrected chi connectivity index (χ0v) is 16.5. The molecule has 0 aliphatic carbocycles. The predicted molar refractivity (Wildman–Crippen MR) is 107 cm³/mol. The van der Waals surface area contributed by atoms with Crippen LogP contribution in [0.25, 0.3) is 0 Å². The molecule has 28 heavy (non-hydrogen) atoms. The molecular weight excluding hydrogens is 380 g/mol. The van der Waals surface area contributed by atoms with Crippen molar-refractivity contribution in [3.63, 3.8) is 0 Å². The molecule has 2 aromatic carbocycles. The number of benzene rings is 2. The Morgan fingerprint density at radius 1 is 1.14 bits per heavy atom. The van der Waals surface area contributed by atoms with Gasteiger partial charge in [-0.2, -0.15) is 0 Å². The topological polar surface area (TPSA) is 92.8 Å². The first-order valence-electron chi connectivity index (χ1n) is 8.95. The molecule has 2 aromatic rings. The number of aryl methyl sites for hydroxylation is 1. The Bertz CT molecular complexity index is 986. The van der Waals surface area contributed by atoms with Crippen LogP contribution in [0.4, 0.5) is 11.4 Å². The first-order chi connectivity index (χ1) is 13.3. The maximum absolute atomic E-state index is 12.3. The van der Waals surface area contributed by atoms with Gasteiger partial charge in [-0.15, -0.1) is 0 Å². The SMILES string of the molecule is Cc1cccc(NC(=O)C(C)OC(=O)c2ccc(N3CCCS3(=O)=O)cc2)c1. The molecule has 1 aliphatic heterocycles. The lowest BCUT2D eigenvalue weighted by atomic mass is 10.2. The number of esters is 1. The van der Waals surface area contributed by atoms with Gasteiger partial charge in [0.25, 0.3) is 5.91 Å². The molecule has 0 saturated carbocycles. The summed E-state index contributed by atoms with van der Waals surface area (Å²) in [6.07, 6.45) is -0.397. The van der Waals surface area contributed by atoms with Crippen molar-refractivity contribution in [1.29, 1.82) is 0 Å². The van der Waals surface area contributed by atoms with E-state index in [9.17, 15) is 18.0 Å². The fourth-order valence-electron chi connectivity index (χ4n) is 2.94. The van der Waals surface area contributed by atoms with Crippen molar-refractivity contribution in [3.05, 3.63) is 59.7 Å². The Morgan fingerprint density at radius 2 is 1.86 bits per heavy atom. The largest absolute Gasteiger partial charge is 0.449 e. The van der Waals surface area contributed by atoms with E-state index in [0.29, 0.717) is 24.3 Å². The van der Waals surface area contributed by atoms with E-state index in [4.69, 9.17) is 4.74 Å². The van der Waals surface area contributed by atoms with Gasteiger partial charge in [-0.05, 0) is 62.2 Å². The zero-order chi connectivity index (χ0) is 20.3. The number of sulfonamides is 1. The van der Waals surface area contributed by atoms with E-state index >= 15 is 0 Å². The third kappa shape index (κ3) is 4.51. The normalized spacial score (nSPS) is 16.4. The second-order valence-electron chi connectivity index (χ2n) is 6.69. The maximum Gasteiger partial charge on any atom is 0.338 e. The number of carbonyl (C=O) groups is 2. The van der Waals surface area contributed by atoms with Crippen LogP contribution in [0.5, 0.6) is 0 Å². The number of nitrogens with zero attached hydrogens (tertiary/aromatic N) is 1. The number of anilines is 2. The number of amides is 1. The van der Waals surface area contributed by atoms with Gasteiger partial charge in [0.2, 0.25) is 10.0 Å². The molecule has 148 valence electrons. The van der Waals surface area contributed by atoms with Crippen LogP contribution in [-0.2, 0) is 19.6 Å². The standard InChI is InChI=1S/C20H22N2O5S/c1-14-5-3-6-17(13-14)21-19(23)15(2)27-20(24)16-7-9-18(10-8-16)22-11-4-12-28(22,25)26/h3,5-10,13,15H,4,11-12H2,1-2H3,(H,21,23). The van der Waals surface area contributed by atoms with Crippen molar-refractivity contribution >= 4 is 33.3 Å². The van der Waals surface area contributed by atoms with Gasteiger partial charge in [-0.3, -0.25) is 9.10 Å². The fraction of sp³-hybridized carbons (Fsp3) is 0.300. The van der Waals surface area contributed by atoms with Crippen molar-refractivity contribution < 1.29 is 22.7 Å². The van der Waals surface area contributed by atoms with Crippen molar-refractivity contribution in [3.8, 4) is 0 Å². The molecule has 7 nitrogen and oxygen atoms in total. The van der Waals surface area contributed by atoms with Gasteiger partial charge >= 0.3 is 5.97 Å². The lowest BCUT2D eigenvalue weighted by molar-refractivity contribution is -0.123. The summed E-state index contributed by atoms with van der Waals surface area (Å²) in [4.78, 5) is 24.5. The Balaban J connectivity index is 1.61. The maximum atomic E-state index is 12.3. The minimum atomic E-state index is -3.27. The minimum Gasteiger partial charge on any atom is -0.449 e. The number of hydrogen-bond acceptors (Lipinski definition) is 5. The lowest BCUT2D eigenvalue weighted by Gasteiger charge is -2.17. The quantitative estimate of drug-likeness (QED) is 0.777. The summed E-state index contributed by atoms with van der Waals surface area (Å²) in [7, 11) is -3.27. The highest BCUT2D eigenvalue weighted by molar-refractivity contribution is 7.93. The van der Waals surface area contributed by atoms with E-state index in [2.05, 4.69) is 5.32 Å². The monoisotopic (exact) mass is 402 g/mol. The molecule has 0 aromatic heterocycles. The molecule has 1 aliphatic rings. The number of nitrogens with one attached hydrogen (secondary N) is 1. The number of carbonyl (C=O) groups excluding carboxylic acids is 2. The molecule has 0 bridgehead atoms. The van der Waals surface area contributed by atoms with Crippen LogP contribution in [0.3, 0.4) is 0 Å². The van der Waals surface area contributed by atoms with Gasteiger partial charge in [0.1, 0.15) is 0 Å². The third-order valence-electron chi connectivity index (χ3n) is 4.43. The van der Waals surface area contributed by atoms with Crippen molar-refractivity contribution in [2.75, 3.05) is 21.9 Å². The van der Waals surface area contributed by atoms with Crippen LogP contribution in [0.2, 0.25) is 0 Å². The molecule has 1 fully saturated rings. The second kappa shape index (κ2) is 8.02. The van der Waals surface area contributed by atoms with E-state index < -0.39 is 28.0 Å². The molecule has 1 amide bonds. The van der Waals surface area contributed by atoms with Gasteiger partial charge in [0, 0.05) is 12.2 Å². The van der Waals surface area contributed by atoms with E-state index in [1.165, 1.54) is 23.4 Å². The Kier molecular flexibility index (Phi) is 5.69. The van der Waals surface area contributed by atoms with Gasteiger partial charge in [0.15, 0.2) is 6.10 Å². The summed E-state index contributed by atoms with van der Waals surface area (Å²) < 4.78 is 30.5. The number of ether oxygens (including phenoxy) is 1. The average molecular weight is 402 g/mol. The van der Waals surface area contributed by atoms with Crippen LogP contribution in [0, 0.1) is 6.92 Å². The second-order valence-corrected chi connectivity index (χ2v) is 8.71. The average Bonchev–Trinajstić information content (AvgIpc) is 3.01. The Morgan fingerprint density at radius 3 is 2.46 bits per heavy atom. The molecule has 3 rings (SSSR count). The van der Waals surface area contributed by atoms with Crippen LogP contribution < -0.4 is 9.62 Å². The molecule has 1 atom stereocenters. The van der Waals surface area contributed by atoms with Gasteiger partial charge < -0.3 is 10.1 Å². The Hall–Kier alpha value is -2.87. The van der Waals surface area contributed by atoms with Crippen LogP contribution in [0.15, 0.2) is 48.5 Å². The van der Waals surface area contributed by atoms with E-state index in [0.717, 1.165) is 5.56 Å². The highest BCUT2D eigenvalue weighted by Gasteiger charge is 2.28. The Labute approximate surface area is 164 Å². The van der Waals surface area contributed by atoms with Crippen molar-refractivity contribution in [2.24, 2.45) is 0 Å². The molecular formula is C20H22N2O5S. The highest BCUT2D eigenvalue weighted by atomic mass is 32.2. The summed E-state index contributed by atoms with van der Waals surface area (Å²) in [5.74, 6) is -0.953. The van der Waals surface area contributed by atoms with Gasteiger partial charge in [0.05, 0.1) is 17.0 Å². The molecule has 0 spiro atoms. The molecule has 1 unspecified atom stereocenters. The molecule has 1 saturated heterocycles. The smallest absolute Gasteiger partial charge is 0.338 e. The lowest BCUT2D eigenvalue weighted by Crippen LogP contribution is -2.30. The first-order valence-corrected chi connectivity index (χ1v) is 10.6. The van der Waals surface area contributed by atoms with Crippen LogP contribution in [0.1, 0.15) is 29.3 Å². The predicted octanol–water partition coefficient (Wildman–Crippen LogP) is 2.72. The van der Waals surface area contributed by atoms with Crippen molar-refractivity contribution in [2.45, 2.75) is 26.4 Å². The van der Waals surface area contributed by atoms with Gasteiger partial charge in [-0.25, -0.2) is 13.2 Å². The molecule has 0 radical (unpaired) electrons. The first kappa shape index (κ1) is 19.9. The fourth-order valence-corrected chi connectivity index (χ4v) is 4.51. The molecule has 1 N–H and O–H groups in total. The minimum absolute atomic E-state index is 0.129. The molecule has 8 heteroatoms. The summed E-state index contributed by atoms with van der Waals surface area (Å²) >= 11 is 0. The number of rotatable bonds is 5. The highest BCUT2D eigenvalue weighted by Crippen LogP contribution is 2.24. The van der Waals surface area contributed by atoms with Crippen LogP contribution in [-0.4, -0.2) is 38.7 Å². The van der Waals surface area contributed by atoms with E-state index in [1.54, 1.807) is 18.2 Å². The summed E-state index contributed by atoms with van der Waals surface area (Å²) in [5, 5.41) is 2.71.